The van der Waals surface area contributed by atoms with Gasteiger partial charge in [0.1, 0.15) is 0 Å². The molecule has 2 aliphatic rings. The van der Waals surface area contributed by atoms with Crippen LogP contribution >= 0.6 is 12.2 Å². The normalized spacial score (nSPS) is 26.3. The molecule has 4 nitrogen and oxygen atoms in total. The lowest BCUT2D eigenvalue weighted by molar-refractivity contribution is 0.115. The van der Waals surface area contributed by atoms with Gasteiger partial charge >= 0.3 is 0 Å². The zero-order valence-corrected chi connectivity index (χ0v) is 15.4. The van der Waals surface area contributed by atoms with Crippen molar-refractivity contribution in [2.24, 2.45) is 0 Å². The van der Waals surface area contributed by atoms with Gasteiger partial charge in [0.15, 0.2) is 5.11 Å². The Bertz CT molecular complexity index is 511. The van der Waals surface area contributed by atoms with Crippen molar-refractivity contribution < 1.29 is 4.74 Å². The zero-order valence-electron chi connectivity index (χ0n) is 14.5. The van der Waals surface area contributed by atoms with E-state index in [0.717, 1.165) is 31.2 Å². The van der Waals surface area contributed by atoms with Gasteiger partial charge in [0.05, 0.1) is 0 Å². The fourth-order valence-electron chi connectivity index (χ4n) is 4.10. The number of benzene rings is 1. The van der Waals surface area contributed by atoms with Crippen molar-refractivity contribution in [2.75, 3.05) is 20.3 Å². The molecule has 0 saturated carbocycles. The highest BCUT2D eigenvalue weighted by Crippen LogP contribution is 2.36. The Balaban J connectivity index is 1.45. The lowest BCUT2D eigenvalue weighted by Crippen LogP contribution is -2.51. The number of thiocarbonyl (C=S) groups is 1. The van der Waals surface area contributed by atoms with Crippen LogP contribution in [0, 0.1) is 0 Å². The van der Waals surface area contributed by atoms with E-state index in [1.54, 1.807) is 7.11 Å². The number of piperidine rings is 1. The standard InChI is InChI=1S/C19H29N3OS/c1-23-11-5-10-20-19(24)21-16-12-17-8-9-18(13-16)22(17)14-15-6-3-2-4-7-15/h2-4,6-7,16-18H,5,8-14H2,1H3,(H2,20,21,24)/t17-,18-/m1/s1. The third-order valence-corrected chi connectivity index (χ3v) is 5.50. The van der Waals surface area contributed by atoms with Crippen LogP contribution in [-0.2, 0) is 11.3 Å². The summed E-state index contributed by atoms with van der Waals surface area (Å²) in [5.74, 6) is 0. The number of nitrogens with one attached hydrogen (secondary N) is 2. The van der Waals surface area contributed by atoms with Gasteiger partial charge in [-0.05, 0) is 49.9 Å². The van der Waals surface area contributed by atoms with E-state index >= 15 is 0 Å². The van der Waals surface area contributed by atoms with Gasteiger partial charge < -0.3 is 15.4 Å². The van der Waals surface area contributed by atoms with Gasteiger partial charge in [-0.2, -0.15) is 0 Å². The first-order chi connectivity index (χ1) is 11.8. The molecule has 2 fully saturated rings. The van der Waals surface area contributed by atoms with E-state index in [4.69, 9.17) is 17.0 Å². The van der Waals surface area contributed by atoms with Crippen LogP contribution in [0.4, 0.5) is 0 Å². The third kappa shape index (κ3) is 4.68. The topological polar surface area (TPSA) is 36.5 Å². The molecule has 2 aliphatic heterocycles. The summed E-state index contributed by atoms with van der Waals surface area (Å²) < 4.78 is 5.06. The minimum atomic E-state index is 0.511. The molecule has 1 aromatic rings. The van der Waals surface area contributed by atoms with E-state index in [1.165, 1.54) is 31.2 Å². The molecule has 0 amide bonds. The number of hydrogen-bond acceptors (Lipinski definition) is 3. The minimum Gasteiger partial charge on any atom is -0.385 e. The van der Waals surface area contributed by atoms with Crippen molar-refractivity contribution >= 4 is 17.3 Å². The first kappa shape index (κ1) is 17.6. The Morgan fingerprint density at radius 3 is 2.58 bits per heavy atom. The third-order valence-electron chi connectivity index (χ3n) is 5.24. The Hall–Kier alpha value is -1.17. The van der Waals surface area contributed by atoms with Gasteiger partial charge in [0.25, 0.3) is 0 Å². The molecule has 2 saturated heterocycles. The predicted octanol–water partition coefficient (Wildman–Crippen LogP) is 2.68. The second-order valence-electron chi connectivity index (χ2n) is 6.96. The number of nitrogens with zero attached hydrogens (tertiary/aromatic N) is 1. The van der Waals surface area contributed by atoms with Crippen molar-refractivity contribution in [3.63, 3.8) is 0 Å². The molecule has 5 heteroatoms. The molecule has 2 bridgehead atoms. The Morgan fingerprint density at radius 1 is 1.21 bits per heavy atom. The number of methoxy groups -OCH3 is 1. The molecule has 0 spiro atoms. The van der Waals surface area contributed by atoms with Crippen LogP contribution < -0.4 is 10.6 Å². The highest BCUT2D eigenvalue weighted by Gasteiger charge is 2.40. The summed E-state index contributed by atoms with van der Waals surface area (Å²) in [6, 6.07) is 12.7. The van der Waals surface area contributed by atoms with E-state index in [2.05, 4.69) is 45.9 Å². The molecule has 0 radical (unpaired) electrons. The monoisotopic (exact) mass is 347 g/mol. The highest BCUT2D eigenvalue weighted by atomic mass is 32.1. The van der Waals surface area contributed by atoms with Gasteiger partial charge in [-0.1, -0.05) is 30.3 Å². The van der Waals surface area contributed by atoms with E-state index in [0.29, 0.717) is 18.1 Å². The van der Waals surface area contributed by atoms with E-state index < -0.39 is 0 Å². The number of hydrogen-bond donors (Lipinski definition) is 2. The fourth-order valence-corrected chi connectivity index (χ4v) is 4.37. The van der Waals surface area contributed by atoms with E-state index in [-0.39, 0.29) is 0 Å². The Kier molecular flexibility index (Phi) is 6.46. The summed E-state index contributed by atoms with van der Waals surface area (Å²) in [5.41, 5.74) is 1.43. The quantitative estimate of drug-likeness (QED) is 0.586. The second-order valence-corrected chi connectivity index (χ2v) is 7.37. The van der Waals surface area contributed by atoms with Crippen LogP contribution in [0.25, 0.3) is 0 Å². The Labute approximate surface area is 150 Å². The van der Waals surface area contributed by atoms with Crippen LogP contribution in [0.1, 0.15) is 37.7 Å². The first-order valence-corrected chi connectivity index (χ1v) is 9.50. The summed E-state index contributed by atoms with van der Waals surface area (Å²) in [7, 11) is 1.73. The van der Waals surface area contributed by atoms with Crippen molar-refractivity contribution in [1.29, 1.82) is 0 Å². The van der Waals surface area contributed by atoms with Crippen LogP contribution in [0.15, 0.2) is 30.3 Å². The highest BCUT2D eigenvalue weighted by molar-refractivity contribution is 7.80. The largest absolute Gasteiger partial charge is 0.385 e. The van der Waals surface area contributed by atoms with Crippen LogP contribution in [0.3, 0.4) is 0 Å². The van der Waals surface area contributed by atoms with Crippen molar-refractivity contribution in [3.05, 3.63) is 35.9 Å². The summed E-state index contributed by atoms with van der Waals surface area (Å²) in [5, 5.41) is 7.62. The lowest BCUT2D eigenvalue weighted by Gasteiger charge is -2.39. The first-order valence-electron chi connectivity index (χ1n) is 9.09. The molecule has 0 aliphatic carbocycles. The van der Waals surface area contributed by atoms with Crippen LogP contribution in [-0.4, -0.2) is 48.4 Å². The average Bonchev–Trinajstić information content (AvgIpc) is 2.82. The molecular weight excluding hydrogens is 318 g/mol. The molecular formula is C19H29N3OS. The zero-order chi connectivity index (χ0) is 16.8. The maximum Gasteiger partial charge on any atom is 0.166 e. The van der Waals surface area contributed by atoms with E-state index in [9.17, 15) is 0 Å². The maximum atomic E-state index is 5.44. The van der Waals surface area contributed by atoms with Gasteiger partial charge in [-0.25, -0.2) is 0 Å². The van der Waals surface area contributed by atoms with Gasteiger partial charge in [-0.15, -0.1) is 0 Å². The Morgan fingerprint density at radius 2 is 1.92 bits per heavy atom. The lowest BCUT2D eigenvalue weighted by atomic mass is 9.96. The smallest absolute Gasteiger partial charge is 0.166 e. The second kappa shape index (κ2) is 8.79. The summed E-state index contributed by atoms with van der Waals surface area (Å²) in [4.78, 5) is 2.71. The van der Waals surface area contributed by atoms with E-state index in [1.807, 2.05) is 0 Å². The molecule has 2 heterocycles. The number of fused-ring (bicyclic) bond motifs is 2. The van der Waals surface area contributed by atoms with Crippen molar-refractivity contribution in [2.45, 2.75) is 56.8 Å². The average molecular weight is 348 g/mol. The van der Waals surface area contributed by atoms with Crippen molar-refractivity contribution in [1.82, 2.24) is 15.5 Å². The summed E-state index contributed by atoms with van der Waals surface area (Å²) in [6.45, 7) is 2.74. The molecule has 132 valence electrons. The number of ether oxygens (including phenoxy) is 1. The SMILES string of the molecule is COCCCNC(=S)NC1C[C@H]2CC[C@H](C1)N2Cc1ccccc1. The molecule has 3 rings (SSSR count). The minimum absolute atomic E-state index is 0.511. The maximum absolute atomic E-state index is 5.44. The van der Waals surface area contributed by atoms with Gasteiger partial charge in [-0.3, -0.25) is 4.90 Å². The predicted molar refractivity (Wildman–Crippen MR) is 102 cm³/mol. The molecule has 24 heavy (non-hydrogen) atoms. The molecule has 2 atom stereocenters. The number of rotatable bonds is 7. The molecule has 0 aromatic heterocycles. The van der Waals surface area contributed by atoms with Gasteiger partial charge in [0, 0.05) is 44.9 Å². The van der Waals surface area contributed by atoms with Gasteiger partial charge in [0.2, 0.25) is 0 Å². The molecule has 2 N–H and O–H groups in total. The fraction of sp³-hybridized carbons (Fsp3) is 0.632. The summed E-state index contributed by atoms with van der Waals surface area (Å²) in [6.07, 6.45) is 6.03. The molecule has 0 unspecified atom stereocenters. The summed E-state index contributed by atoms with van der Waals surface area (Å²) >= 11 is 5.44. The van der Waals surface area contributed by atoms with Crippen LogP contribution in [0.2, 0.25) is 0 Å². The van der Waals surface area contributed by atoms with Crippen LogP contribution in [0.5, 0.6) is 0 Å². The molecule has 1 aromatic carbocycles. The van der Waals surface area contributed by atoms with Crippen molar-refractivity contribution in [3.8, 4) is 0 Å².